The molecule has 43 heavy (non-hydrogen) atoms. The van der Waals surface area contributed by atoms with Gasteiger partial charge in [0, 0.05) is 12.8 Å². The van der Waals surface area contributed by atoms with Crippen LogP contribution in [-0.2, 0) is 14.3 Å². The Hall–Kier alpha value is -1.32. The van der Waals surface area contributed by atoms with E-state index in [2.05, 4.69) is 26.0 Å². The van der Waals surface area contributed by atoms with Gasteiger partial charge in [0.2, 0.25) is 0 Å². The quantitative estimate of drug-likeness (QED) is 0.0443. The lowest BCUT2D eigenvalue weighted by Gasteiger charge is -2.13. The predicted molar refractivity (Wildman–Crippen MR) is 186 cm³/mol. The molecule has 1 atom stereocenters. The molecule has 0 heterocycles. The van der Waals surface area contributed by atoms with Gasteiger partial charge in [0.25, 0.3) is 0 Å². The Bertz CT molecular complexity index is 614. The summed E-state index contributed by atoms with van der Waals surface area (Å²) >= 11 is 0. The third-order valence-corrected chi connectivity index (χ3v) is 8.73. The zero-order chi connectivity index (χ0) is 31.5. The molecule has 254 valence electrons. The number of unbranched alkanes of at least 4 members (excludes halogenated alkanes) is 26. The van der Waals surface area contributed by atoms with Gasteiger partial charge in [-0.15, -0.1) is 0 Å². The van der Waals surface area contributed by atoms with E-state index in [0.29, 0.717) is 12.8 Å². The lowest BCUT2D eigenvalue weighted by atomic mass is 10.0. The molecular formula is C39H74O4. The van der Waals surface area contributed by atoms with Crippen LogP contribution in [0.25, 0.3) is 0 Å². The molecule has 0 aliphatic heterocycles. The van der Waals surface area contributed by atoms with Crippen molar-refractivity contribution in [3.63, 3.8) is 0 Å². The van der Waals surface area contributed by atoms with E-state index in [9.17, 15) is 9.59 Å². The zero-order valence-corrected chi connectivity index (χ0v) is 29.0. The molecule has 0 spiro atoms. The number of allylic oxidation sites excluding steroid dienone is 2. The molecule has 0 saturated heterocycles. The van der Waals surface area contributed by atoms with Gasteiger partial charge in [0.1, 0.15) is 0 Å². The second-order valence-corrected chi connectivity index (χ2v) is 13.2. The van der Waals surface area contributed by atoms with E-state index in [0.717, 1.165) is 32.1 Å². The van der Waals surface area contributed by atoms with E-state index in [1.807, 2.05) is 0 Å². The first-order valence-electron chi connectivity index (χ1n) is 19.1. The normalized spacial score (nSPS) is 12.2. The van der Waals surface area contributed by atoms with Crippen molar-refractivity contribution in [2.45, 2.75) is 225 Å². The lowest BCUT2D eigenvalue weighted by Crippen LogP contribution is -2.14. The Balaban J connectivity index is 3.27. The first kappa shape index (κ1) is 41.7. The first-order valence-corrected chi connectivity index (χ1v) is 19.1. The second-order valence-electron chi connectivity index (χ2n) is 13.2. The van der Waals surface area contributed by atoms with E-state index in [4.69, 9.17) is 9.84 Å². The molecule has 0 rings (SSSR count). The van der Waals surface area contributed by atoms with Crippen molar-refractivity contribution >= 4 is 11.9 Å². The number of hydrogen-bond acceptors (Lipinski definition) is 3. The fraction of sp³-hybridized carbons (Fsp3) is 0.897. The maximum Gasteiger partial charge on any atom is 0.306 e. The molecule has 0 amide bonds. The Labute approximate surface area is 268 Å². The Morgan fingerprint density at radius 3 is 1.28 bits per heavy atom. The predicted octanol–water partition coefficient (Wildman–Crippen LogP) is 13.1. The van der Waals surface area contributed by atoms with Crippen LogP contribution in [-0.4, -0.2) is 23.1 Å². The van der Waals surface area contributed by atoms with Crippen molar-refractivity contribution in [1.29, 1.82) is 0 Å². The Kier molecular flexibility index (Phi) is 34.1. The molecule has 4 nitrogen and oxygen atoms in total. The molecular weight excluding hydrogens is 532 g/mol. The smallest absolute Gasteiger partial charge is 0.306 e. The van der Waals surface area contributed by atoms with Crippen molar-refractivity contribution in [3.05, 3.63) is 12.2 Å². The van der Waals surface area contributed by atoms with Crippen molar-refractivity contribution in [3.8, 4) is 0 Å². The number of ether oxygens (including phenoxy) is 1. The van der Waals surface area contributed by atoms with Crippen molar-refractivity contribution in [2.24, 2.45) is 0 Å². The van der Waals surface area contributed by atoms with Crippen LogP contribution in [0.4, 0.5) is 0 Å². The van der Waals surface area contributed by atoms with Gasteiger partial charge in [-0.05, 0) is 51.9 Å². The highest BCUT2D eigenvalue weighted by atomic mass is 16.5. The Morgan fingerprint density at radius 1 is 0.512 bits per heavy atom. The molecule has 0 radical (unpaired) electrons. The SMILES string of the molecule is CCCC/C=C\CCCCCCCCC(=O)OC(C)CCCCCCCCCCCCCCCCCCCCCC(=O)O. The summed E-state index contributed by atoms with van der Waals surface area (Å²) in [6, 6.07) is 0. The molecule has 0 aromatic heterocycles. The highest BCUT2D eigenvalue weighted by molar-refractivity contribution is 5.69. The van der Waals surface area contributed by atoms with Crippen molar-refractivity contribution in [2.75, 3.05) is 0 Å². The third-order valence-electron chi connectivity index (χ3n) is 8.73. The second kappa shape index (κ2) is 35.2. The number of hydrogen-bond donors (Lipinski definition) is 1. The summed E-state index contributed by atoms with van der Waals surface area (Å²) < 4.78 is 5.64. The number of carboxylic acid groups (broad SMARTS) is 1. The maximum absolute atomic E-state index is 12.1. The molecule has 0 aliphatic carbocycles. The molecule has 0 aromatic carbocycles. The van der Waals surface area contributed by atoms with Crippen LogP contribution in [0, 0.1) is 0 Å². The highest BCUT2D eigenvalue weighted by Crippen LogP contribution is 2.16. The summed E-state index contributed by atoms with van der Waals surface area (Å²) in [6.45, 7) is 4.30. The minimum Gasteiger partial charge on any atom is -0.481 e. The van der Waals surface area contributed by atoms with E-state index < -0.39 is 5.97 Å². The highest BCUT2D eigenvalue weighted by Gasteiger charge is 2.09. The monoisotopic (exact) mass is 607 g/mol. The van der Waals surface area contributed by atoms with E-state index in [-0.39, 0.29) is 12.1 Å². The van der Waals surface area contributed by atoms with Crippen LogP contribution in [0.2, 0.25) is 0 Å². The number of rotatable bonds is 35. The van der Waals surface area contributed by atoms with Crippen LogP contribution in [0.1, 0.15) is 219 Å². The van der Waals surface area contributed by atoms with E-state index in [1.54, 1.807) is 0 Å². The topological polar surface area (TPSA) is 63.6 Å². The molecule has 0 aromatic rings. The van der Waals surface area contributed by atoms with Crippen molar-refractivity contribution < 1.29 is 19.4 Å². The Morgan fingerprint density at radius 2 is 0.860 bits per heavy atom. The van der Waals surface area contributed by atoms with Crippen molar-refractivity contribution in [1.82, 2.24) is 0 Å². The first-order chi connectivity index (χ1) is 21.1. The summed E-state index contributed by atoms with van der Waals surface area (Å²) in [5.74, 6) is -0.657. The van der Waals surface area contributed by atoms with Crippen LogP contribution < -0.4 is 0 Å². The number of carbonyl (C=O) groups excluding carboxylic acids is 1. The van der Waals surface area contributed by atoms with Crippen LogP contribution in [0.15, 0.2) is 12.2 Å². The summed E-state index contributed by atoms with van der Waals surface area (Å²) in [5.41, 5.74) is 0. The minimum absolute atomic E-state index is 0.00279. The molecule has 0 saturated carbocycles. The lowest BCUT2D eigenvalue weighted by molar-refractivity contribution is -0.148. The van der Waals surface area contributed by atoms with Gasteiger partial charge < -0.3 is 9.84 Å². The molecule has 1 unspecified atom stereocenters. The van der Waals surface area contributed by atoms with Gasteiger partial charge in [-0.1, -0.05) is 167 Å². The number of carbonyl (C=O) groups is 2. The number of esters is 1. The third kappa shape index (κ3) is 36.8. The van der Waals surface area contributed by atoms with Gasteiger partial charge >= 0.3 is 11.9 Å². The minimum atomic E-state index is -0.660. The molecule has 4 heteroatoms. The number of aliphatic carboxylic acids is 1. The van der Waals surface area contributed by atoms with E-state index >= 15 is 0 Å². The largest absolute Gasteiger partial charge is 0.481 e. The maximum atomic E-state index is 12.1. The van der Waals surface area contributed by atoms with Gasteiger partial charge in [0.15, 0.2) is 0 Å². The molecule has 0 bridgehead atoms. The average Bonchev–Trinajstić information content (AvgIpc) is 2.98. The molecule has 1 N–H and O–H groups in total. The van der Waals surface area contributed by atoms with E-state index in [1.165, 1.54) is 161 Å². The van der Waals surface area contributed by atoms with Crippen LogP contribution in [0.5, 0.6) is 0 Å². The number of carboxylic acids is 1. The van der Waals surface area contributed by atoms with Crippen LogP contribution >= 0.6 is 0 Å². The zero-order valence-electron chi connectivity index (χ0n) is 29.0. The molecule has 0 fully saturated rings. The summed E-state index contributed by atoms with van der Waals surface area (Å²) in [4.78, 5) is 22.6. The van der Waals surface area contributed by atoms with Gasteiger partial charge in [-0.25, -0.2) is 0 Å². The standard InChI is InChI=1S/C39H74O4/c1-3-4-5-6-7-8-9-21-24-27-30-33-36-39(42)43-37(2)34-31-28-25-22-19-17-15-13-11-10-12-14-16-18-20-23-26-29-32-35-38(40)41/h6-7,37H,3-5,8-36H2,1-2H3,(H,40,41)/b7-6-. The summed E-state index contributed by atoms with van der Waals surface area (Å²) in [7, 11) is 0. The van der Waals surface area contributed by atoms with Gasteiger partial charge in [0.05, 0.1) is 6.10 Å². The van der Waals surface area contributed by atoms with Crippen LogP contribution in [0.3, 0.4) is 0 Å². The fourth-order valence-electron chi connectivity index (χ4n) is 5.85. The fourth-order valence-corrected chi connectivity index (χ4v) is 5.85. The summed E-state index contributed by atoms with van der Waals surface area (Å²) in [6.07, 6.45) is 43.6. The summed E-state index contributed by atoms with van der Waals surface area (Å²) in [5, 5.41) is 8.64. The average molecular weight is 607 g/mol. The van der Waals surface area contributed by atoms with Gasteiger partial charge in [-0.3, -0.25) is 9.59 Å². The van der Waals surface area contributed by atoms with Gasteiger partial charge in [-0.2, -0.15) is 0 Å². The molecule has 0 aliphatic rings.